The Labute approximate surface area is 126 Å². The van der Waals surface area contributed by atoms with E-state index in [1.807, 2.05) is 0 Å². The third-order valence-electron chi connectivity index (χ3n) is 2.68. The molecule has 2 rings (SSSR count). The Morgan fingerprint density at radius 1 is 1.38 bits per heavy atom. The Balaban J connectivity index is 2.51. The van der Waals surface area contributed by atoms with Crippen molar-refractivity contribution in [3.8, 4) is 0 Å². The van der Waals surface area contributed by atoms with E-state index < -0.39 is 16.0 Å². The van der Waals surface area contributed by atoms with Crippen molar-refractivity contribution >= 4 is 33.0 Å². The fourth-order valence-electron chi connectivity index (χ4n) is 1.75. The number of anilines is 1. The first-order valence-electron chi connectivity index (χ1n) is 5.97. The average molecular weight is 327 g/mol. The van der Waals surface area contributed by atoms with Gasteiger partial charge in [-0.2, -0.15) is 0 Å². The second-order valence-corrected chi connectivity index (χ2v) is 6.77. The summed E-state index contributed by atoms with van der Waals surface area (Å²) in [6.45, 7) is 1.92. The number of sulfonamides is 1. The monoisotopic (exact) mass is 327 g/mol. The lowest BCUT2D eigenvalue weighted by Crippen LogP contribution is -2.31. The van der Waals surface area contributed by atoms with E-state index in [0.717, 1.165) is 11.3 Å². The fraction of sp³-hybridized carbons (Fsp3) is 0.250. The summed E-state index contributed by atoms with van der Waals surface area (Å²) in [5.74, 6) is -0.777. The molecule has 112 valence electrons. The molecule has 0 saturated heterocycles. The van der Waals surface area contributed by atoms with Gasteiger partial charge in [0.05, 0.1) is 18.3 Å². The Morgan fingerprint density at radius 2 is 2.05 bits per heavy atom. The molecule has 0 aliphatic rings. The van der Waals surface area contributed by atoms with E-state index in [9.17, 15) is 13.2 Å². The van der Waals surface area contributed by atoms with Gasteiger partial charge in [0.1, 0.15) is 0 Å². The van der Waals surface area contributed by atoms with Crippen LogP contribution in [0.5, 0.6) is 0 Å². The first-order chi connectivity index (χ1) is 10.0. The molecule has 0 spiro atoms. The van der Waals surface area contributed by atoms with Crippen molar-refractivity contribution in [1.82, 2.24) is 9.97 Å². The zero-order chi connectivity index (χ0) is 15.5. The van der Waals surface area contributed by atoms with Gasteiger partial charge in [-0.3, -0.25) is 9.29 Å². The highest BCUT2D eigenvalue weighted by Gasteiger charge is 2.31. The first kappa shape index (κ1) is 15.4. The van der Waals surface area contributed by atoms with Crippen LogP contribution in [-0.4, -0.2) is 38.0 Å². The van der Waals surface area contributed by atoms with Crippen LogP contribution in [0.4, 0.5) is 5.69 Å². The standard InChI is InChI=1S/C12H13N3O4S2/c1-3-15(9-4-6-13-7-5-9)21(17,18)12-10(11(16)19-2)14-8-20-12/h4-8H,3H2,1-2H3. The quantitative estimate of drug-likeness (QED) is 0.774. The van der Waals surface area contributed by atoms with Crippen molar-refractivity contribution in [3.05, 3.63) is 35.7 Å². The van der Waals surface area contributed by atoms with Crippen LogP contribution >= 0.6 is 11.3 Å². The Bertz CT molecular complexity index is 728. The third kappa shape index (κ3) is 2.88. The minimum absolute atomic E-state index is 0.131. The fourth-order valence-corrected chi connectivity index (χ4v) is 4.46. The smallest absolute Gasteiger partial charge is 0.358 e. The average Bonchev–Trinajstić information content (AvgIpc) is 2.98. The van der Waals surface area contributed by atoms with Gasteiger partial charge < -0.3 is 4.74 Å². The lowest BCUT2D eigenvalue weighted by Gasteiger charge is -2.21. The summed E-state index contributed by atoms with van der Waals surface area (Å²) in [6.07, 6.45) is 3.00. The summed E-state index contributed by atoms with van der Waals surface area (Å²) in [5, 5.41) is 0. The van der Waals surface area contributed by atoms with E-state index in [-0.39, 0.29) is 16.4 Å². The van der Waals surface area contributed by atoms with Crippen molar-refractivity contribution in [2.75, 3.05) is 18.0 Å². The van der Waals surface area contributed by atoms with Crippen LogP contribution < -0.4 is 4.31 Å². The lowest BCUT2D eigenvalue weighted by atomic mass is 10.4. The van der Waals surface area contributed by atoms with Gasteiger partial charge in [0.25, 0.3) is 10.0 Å². The largest absolute Gasteiger partial charge is 0.464 e. The SMILES string of the molecule is CCN(c1ccncc1)S(=O)(=O)c1scnc1C(=O)OC. The van der Waals surface area contributed by atoms with Crippen molar-refractivity contribution in [2.45, 2.75) is 11.1 Å². The molecule has 0 aromatic carbocycles. The predicted molar refractivity (Wildman–Crippen MR) is 77.9 cm³/mol. The molecule has 21 heavy (non-hydrogen) atoms. The van der Waals surface area contributed by atoms with E-state index in [4.69, 9.17) is 0 Å². The zero-order valence-corrected chi connectivity index (χ0v) is 13.0. The molecule has 0 unspecified atom stereocenters. The maximum atomic E-state index is 12.7. The molecule has 0 aliphatic carbocycles. The second-order valence-electron chi connectivity index (χ2n) is 3.86. The van der Waals surface area contributed by atoms with E-state index >= 15 is 0 Å². The summed E-state index contributed by atoms with van der Waals surface area (Å²) in [7, 11) is -2.71. The normalized spacial score (nSPS) is 11.1. The number of hydrogen-bond donors (Lipinski definition) is 0. The maximum Gasteiger partial charge on any atom is 0.358 e. The molecule has 7 nitrogen and oxygen atoms in total. The molecule has 2 heterocycles. The van der Waals surface area contributed by atoms with E-state index in [2.05, 4.69) is 14.7 Å². The maximum absolute atomic E-state index is 12.7. The molecule has 0 fully saturated rings. The molecule has 2 aromatic heterocycles. The number of rotatable bonds is 5. The number of carbonyl (C=O) groups is 1. The number of hydrogen-bond acceptors (Lipinski definition) is 7. The lowest BCUT2D eigenvalue weighted by molar-refractivity contribution is 0.0590. The Kier molecular flexibility index (Phi) is 4.53. The highest BCUT2D eigenvalue weighted by atomic mass is 32.2. The summed E-state index contributed by atoms with van der Waals surface area (Å²) in [6, 6.07) is 3.17. The number of carbonyl (C=O) groups excluding carboxylic acids is 1. The number of nitrogens with zero attached hydrogens (tertiary/aromatic N) is 3. The summed E-state index contributed by atoms with van der Waals surface area (Å²) < 4.78 is 31.1. The van der Waals surface area contributed by atoms with Crippen molar-refractivity contribution in [3.63, 3.8) is 0 Å². The van der Waals surface area contributed by atoms with Gasteiger partial charge in [0.2, 0.25) is 0 Å². The molecule has 0 N–H and O–H groups in total. The first-order valence-corrected chi connectivity index (χ1v) is 8.29. The molecule has 2 aromatic rings. The van der Waals surface area contributed by atoms with Crippen LogP contribution in [0.1, 0.15) is 17.4 Å². The van der Waals surface area contributed by atoms with Crippen LogP contribution in [0, 0.1) is 0 Å². The predicted octanol–water partition coefficient (Wildman–Crippen LogP) is 1.54. The molecular formula is C12H13N3O4S2. The van der Waals surface area contributed by atoms with Gasteiger partial charge >= 0.3 is 5.97 Å². The van der Waals surface area contributed by atoms with Crippen LogP contribution in [0.25, 0.3) is 0 Å². The summed E-state index contributed by atoms with van der Waals surface area (Å²) >= 11 is 0.881. The summed E-state index contributed by atoms with van der Waals surface area (Å²) in [5.41, 5.74) is 1.58. The number of esters is 1. The van der Waals surface area contributed by atoms with Crippen LogP contribution in [-0.2, 0) is 14.8 Å². The minimum atomic E-state index is -3.89. The van der Waals surface area contributed by atoms with Gasteiger partial charge in [-0.05, 0) is 19.1 Å². The minimum Gasteiger partial charge on any atom is -0.464 e. The second kappa shape index (κ2) is 6.19. The van der Waals surface area contributed by atoms with E-state index in [1.165, 1.54) is 29.3 Å². The van der Waals surface area contributed by atoms with Gasteiger partial charge in [-0.1, -0.05) is 0 Å². The Hall–Kier alpha value is -2.00. The van der Waals surface area contributed by atoms with Crippen LogP contribution in [0.3, 0.4) is 0 Å². The van der Waals surface area contributed by atoms with E-state index in [1.54, 1.807) is 19.1 Å². The number of ether oxygens (including phenoxy) is 1. The van der Waals surface area contributed by atoms with Gasteiger partial charge in [0.15, 0.2) is 9.90 Å². The van der Waals surface area contributed by atoms with Crippen LogP contribution in [0.15, 0.2) is 34.2 Å². The molecular weight excluding hydrogens is 314 g/mol. The van der Waals surface area contributed by atoms with Gasteiger partial charge in [-0.15, -0.1) is 11.3 Å². The van der Waals surface area contributed by atoms with Crippen molar-refractivity contribution in [1.29, 1.82) is 0 Å². The molecule has 0 radical (unpaired) electrons. The number of aromatic nitrogens is 2. The number of pyridine rings is 1. The molecule has 0 saturated carbocycles. The highest BCUT2D eigenvalue weighted by molar-refractivity contribution is 7.94. The number of thiazole rings is 1. The van der Waals surface area contributed by atoms with Gasteiger partial charge in [0, 0.05) is 18.9 Å². The van der Waals surface area contributed by atoms with Gasteiger partial charge in [-0.25, -0.2) is 18.2 Å². The van der Waals surface area contributed by atoms with Crippen molar-refractivity contribution in [2.24, 2.45) is 0 Å². The molecule has 0 bridgehead atoms. The topological polar surface area (TPSA) is 89.5 Å². The van der Waals surface area contributed by atoms with E-state index in [0.29, 0.717) is 5.69 Å². The van der Waals surface area contributed by atoms with Crippen LogP contribution in [0.2, 0.25) is 0 Å². The zero-order valence-electron chi connectivity index (χ0n) is 11.4. The third-order valence-corrected chi connectivity index (χ3v) is 5.93. The Morgan fingerprint density at radius 3 is 2.62 bits per heavy atom. The summed E-state index contributed by atoms with van der Waals surface area (Å²) in [4.78, 5) is 19.3. The molecule has 0 atom stereocenters. The highest BCUT2D eigenvalue weighted by Crippen LogP contribution is 2.28. The molecule has 9 heteroatoms. The van der Waals surface area contributed by atoms with Crippen molar-refractivity contribution < 1.29 is 17.9 Å². The molecule has 0 amide bonds. The molecule has 0 aliphatic heterocycles. The number of methoxy groups -OCH3 is 1.